The van der Waals surface area contributed by atoms with Crippen LogP contribution in [0.1, 0.15) is 34.1 Å². The zero-order valence-corrected chi connectivity index (χ0v) is 19.6. The molecule has 0 bridgehead atoms. The number of carboxylic acid groups (broad SMARTS) is 1. The molecule has 38 heavy (non-hydrogen) atoms. The number of nitrogens with two attached hydrogens (primary N) is 1. The number of halogens is 4. The summed E-state index contributed by atoms with van der Waals surface area (Å²) in [6, 6.07) is 5.03. The average molecular weight is 529 g/mol. The van der Waals surface area contributed by atoms with Gasteiger partial charge in [-0.3, -0.25) is 9.36 Å². The third-order valence-electron chi connectivity index (χ3n) is 6.31. The summed E-state index contributed by atoms with van der Waals surface area (Å²) < 4.78 is 64.3. The van der Waals surface area contributed by atoms with Crippen molar-refractivity contribution in [1.29, 1.82) is 0 Å². The molecule has 0 spiro atoms. The summed E-state index contributed by atoms with van der Waals surface area (Å²) >= 11 is 0. The number of rotatable bonds is 4. The highest BCUT2D eigenvalue weighted by molar-refractivity contribution is 6.03. The van der Waals surface area contributed by atoms with Crippen LogP contribution in [0.2, 0.25) is 0 Å². The second kappa shape index (κ2) is 9.10. The van der Waals surface area contributed by atoms with Crippen LogP contribution in [0, 0.1) is 5.82 Å². The monoisotopic (exact) mass is 529 g/mol. The van der Waals surface area contributed by atoms with Gasteiger partial charge >= 0.3 is 12.3 Å². The molecule has 196 valence electrons. The first-order valence-corrected chi connectivity index (χ1v) is 11.3. The van der Waals surface area contributed by atoms with Crippen molar-refractivity contribution in [3.8, 4) is 22.8 Å². The Kier molecular flexibility index (Phi) is 6.02. The van der Waals surface area contributed by atoms with Crippen LogP contribution in [0.25, 0.3) is 22.0 Å². The van der Waals surface area contributed by atoms with Crippen molar-refractivity contribution in [2.75, 3.05) is 0 Å². The first-order valence-electron chi connectivity index (χ1n) is 11.3. The van der Waals surface area contributed by atoms with Crippen molar-refractivity contribution in [3.63, 3.8) is 0 Å². The normalized spacial score (nSPS) is 15.3. The van der Waals surface area contributed by atoms with E-state index >= 15 is 4.39 Å². The van der Waals surface area contributed by atoms with E-state index in [1.807, 2.05) is 6.92 Å². The van der Waals surface area contributed by atoms with E-state index in [0.29, 0.717) is 34.9 Å². The van der Waals surface area contributed by atoms with Crippen molar-refractivity contribution < 1.29 is 37.0 Å². The number of aromatic nitrogens is 3. The molecular weight excluding hydrogens is 510 g/mol. The van der Waals surface area contributed by atoms with Crippen LogP contribution in [0.3, 0.4) is 0 Å². The SMILES string of the molecule is CC1Cc2c(ncnc2Oc2ccc3c(c(-c4ccc(C(N)=O)cc4C(F)(F)F)cn3C(=O)O)c2F)CN1. The lowest BCUT2D eigenvalue weighted by atomic mass is 9.96. The molecule has 13 heteroatoms. The molecule has 9 nitrogen and oxygen atoms in total. The molecule has 1 aliphatic heterocycles. The maximum absolute atomic E-state index is 16.0. The summed E-state index contributed by atoms with van der Waals surface area (Å²) in [5, 5.41) is 12.5. The van der Waals surface area contributed by atoms with E-state index in [4.69, 9.17) is 10.5 Å². The van der Waals surface area contributed by atoms with Crippen molar-refractivity contribution >= 4 is 22.9 Å². The summed E-state index contributed by atoms with van der Waals surface area (Å²) in [6.07, 6.45) is -3.87. The fourth-order valence-corrected chi connectivity index (χ4v) is 4.50. The predicted molar refractivity (Wildman–Crippen MR) is 126 cm³/mol. The van der Waals surface area contributed by atoms with Crippen LogP contribution < -0.4 is 15.8 Å². The first-order chi connectivity index (χ1) is 18.0. The standard InChI is InChI=1S/C25H19F4N5O4/c1-11-6-14-17(8-31-11)32-10-33-23(14)38-19-5-4-18-20(21(19)26)15(9-34(18)24(36)37)13-3-2-12(22(30)35)7-16(13)25(27,28)29/h2-5,7,9-11,31H,6,8H2,1H3,(H2,30,35)(H,36,37). The van der Waals surface area contributed by atoms with Gasteiger partial charge in [-0.05, 0) is 43.2 Å². The Labute approximate surface area is 211 Å². The molecule has 0 aliphatic carbocycles. The number of primary amides is 1. The van der Waals surface area contributed by atoms with E-state index in [0.717, 1.165) is 18.3 Å². The molecule has 2 aromatic carbocycles. The van der Waals surface area contributed by atoms with Gasteiger partial charge in [-0.15, -0.1) is 0 Å². The Morgan fingerprint density at radius 2 is 1.95 bits per heavy atom. The number of nitrogens with one attached hydrogen (secondary N) is 1. The Bertz CT molecular complexity index is 1620. The lowest BCUT2D eigenvalue weighted by molar-refractivity contribution is -0.137. The van der Waals surface area contributed by atoms with Gasteiger partial charge in [-0.1, -0.05) is 6.07 Å². The minimum Gasteiger partial charge on any atom is -0.464 e. The number of hydrogen-bond acceptors (Lipinski definition) is 6. The fourth-order valence-electron chi connectivity index (χ4n) is 4.50. The van der Waals surface area contributed by atoms with Crippen LogP contribution in [-0.4, -0.2) is 37.7 Å². The van der Waals surface area contributed by atoms with Gasteiger partial charge in [-0.2, -0.15) is 13.2 Å². The molecule has 4 aromatic rings. The third kappa shape index (κ3) is 4.30. The number of ether oxygens (including phenoxy) is 1. The van der Waals surface area contributed by atoms with E-state index in [-0.39, 0.29) is 28.8 Å². The highest BCUT2D eigenvalue weighted by atomic mass is 19.4. The molecule has 2 aromatic heterocycles. The fraction of sp³-hybridized carbons (Fsp3) is 0.200. The van der Waals surface area contributed by atoms with E-state index in [2.05, 4.69) is 15.3 Å². The Balaban J connectivity index is 1.72. The Hall–Kier alpha value is -4.52. The Morgan fingerprint density at radius 1 is 1.18 bits per heavy atom. The lowest BCUT2D eigenvalue weighted by Gasteiger charge is -2.23. The summed E-state index contributed by atoms with van der Waals surface area (Å²) in [5.74, 6) is -2.45. The van der Waals surface area contributed by atoms with Gasteiger partial charge in [0.05, 0.1) is 16.8 Å². The predicted octanol–water partition coefficient (Wildman–Crippen LogP) is 4.71. The number of carbonyl (C=O) groups is 2. The van der Waals surface area contributed by atoms with E-state index in [1.54, 1.807) is 0 Å². The summed E-state index contributed by atoms with van der Waals surface area (Å²) in [4.78, 5) is 31.7. The molecule has 1 unspecified atom stereocenters. The first kappa shape index (κ1) is 25.1. The second-order valence-electron chi connectivity index (χ2n) is 8.78. The summed E-state index contributed by atoms with van der Waals surface area (Å²) in [6.45, 7) is 2.39. The average Bonchev–Trinajstić information content (AvgIpc) is 3.26. The van der Waals surface area contributed by atoms with E-state index in [9.17, 15) is 27.9 Å². The molecule has 1 aliphatic rings. The molecule has 5 rings (SSSR count). The maximum Gasteiger partial charge on any atom is 0.417 e. The Morgan fingerprint density at radius 3 is 2.63 bits per heavy atom. The van der Waals surface area contributed by atoms with Crippen molar-refractivity contribution in [2.24, 2.45) is 5.73 Å². The van der Waals surface area contributed by atoms with E-state index in [1.165, 1.54) is 18.5 Å². The van der Waals surface area contributed by atoms with Crippen molar-refractivity contribution in [2.45, 2.75) is 32.1 Å². The zero-order valence-electron chi connectivity index (χ0n) is 19.6. The molecule has 1 atom stereocenters. The highest BCUT2D eigenvalue weighted by Gasteiger charge is 2.36. The number of nitrogens with zero attached hydrogens (tertiary/aromatic N) is 3. The van der Waals surface area contributed by atoms with Gasteiger partial charge in [0.25, 0.3) is 0 Å². The minimum absolute atomic E-state index is 0.0727. The largest absolute Gasteiger partial charge is 0.464 e. The molecule has 4 N–H and O–H groups in total. The quantitative estimate of drug-likeness (QED) is 0.326. The van der Waals surface area contributed by atoms with Crippen LogP contribution in [0.5, 0.6) is 11.6 Å². The van der Waals surface area contributed by atoms with Gasteiger partial charge in [0.1, 0.15) is 6.33 Å². The van der Waals surface area contributed by atoms with Crippen molar-refractivity contribution in [1.82, 2.24) is 19.9 Å². The maximum atomic E-state index is 16.0. The molecule has 0 saturated carbocycles. The van der Waals surface area contributed by atoms with Gasteiger partial charge in [0, 0.05) is 40.9 Å². The number of alkyl halides is 3. The second-order valence-corrected chi connectivity index (χ2v) is 8.78. The van der Waals surface area contributed by atoms with Crippen molar-refractivity contribution in [3.05, 3.63) is 71.1 Å². The van der Waals surface area contributed by atoms with Crippen LogP contribution in [0.4, 0.5) is 22.4 Å². The van der Waals surface area contributed by atoms with Crippen LogP contribution in [0.15, 0.2) is 42.9 Å². The summed E-state index contributed by atoms with van der Waals surface area (Å²) in [7, 11) is 0. The topological polar surface area (TPSA) is 132 Å². The van der Waals surface area contributed by atoms with Crippen LogP contribution >= 0.6 is 0 Å². The molecular formula is C25H19F4N5O4. The molecule has 0 radical (unpaired) electrons. The smallest absolute Gasteiger partial charge is 0.417 e. The van der Waals surface area contributed by atoms with Gasteiger partial charge in [0.2, 0.25) is 11.8 Å². The zero-order chi connectivity index (χ0) is 27.4. The number of fused-ring (bicyclic) bond motifs is 2. The van der Waals surface area contributed by atoms with Gasteiger partial charge < -0.3 is 20.9 Å². The molecule has 0 saturated heterocycles. The van der Waals surface area contributed by atoms with Gasteiger partial charge in [-0.25, -0.2) is 19.2 Å². The van der Waals surface area contributed by atoms with E-state index < -0.39 is 46.1 Å². The number of hydrogen-bond donors (Lipinski definition) is 3. The number of carbonyl (C=O) groups excluding carboxylic acids is 1. The van der Waals surface area contributed by atoms with Gasteiger partial charge in [0.15, 0.2) is 11.6 Å². The van der Waals surface area contributed by atoms with Crippen LogP contribution in [-0.2, 0) is 19.1 Å². The molecule has 3 heterocycles. The lowest BCUT2D eigenvalue weighted by Crippen LogP contribution is -2.33. The molecule has 1 amide bonds. The number of benzene rings is 2. The third-order valence-corrected chi connectivity index (χ3v) is 6.31. The highest BCUT2D eigenvalue weighted by Crippen LogP contribution is 2.43. The molecule has 0 fully saturated rings. The minimum atomic E-state index is -4.96. The summed E-state index contributed by atoms with van der Waals surface area (Å²) in [5.41, 5.74) is 3.66. The number of amides is 1.